The summed E-state index contributed by atoms with van der Waals surface area (Å²) in [4.78, 5) is 35.1. The lowest BCUT2D eigenvalue weighted by Gasteiger charge is -2.27. The number of hydrazone groups is 1. The van der Waals surface area contributed by atoms with Crippen molar-refractivity contribution in [3.05, 3.63) is 93.5 Å². The summed E-state index contributed by atoms with van der Waals surface area (Å²) < 4.78 is 16.9. The van der Waals surface area contributed by atoms with Crippen molar-refractivity contribution in [3.8, 4) is 17.2 Å². The number of benzene rings is 3. The van der Waals surface area contributed by atoms with Crippen LogP contribution in [0.25, 0.3) is 0 Å². The standard InChI is InChI=1S/C27H25N3O7/c1-27(2,3)19-9-12-22-23(14-19)37-24(16-35-22)25(31)29-28-15-17-5-4-6-21(13-17)36-26(32)18-7-10-20(11-8-18)30(33)34/h4-15,24H,16H2,1-3H3,(H,29,31). The topological polar surface area (TPSA) is 129 Å². The van der Waals surface area contributed by atoms with Gasteiger partial charge in [-0.2, -0.15) is 5.10 Å². The molecule has 1 amide bonds. The molecule has 4 rings (SSSR count). The Morgan fingerprint density at radius 3 is 2.54 bits per heavy atom. The van der Waals surface area contributed by atoms with E-state index in [1.807, 2.05) is 18.2 Å². The minimum Gasteiger partial charge on any atom is -0.485 e. The number of esters is 1. The fourth-order valence-electron chi connectivity index (χ4n) is 3.45. The number of nitrogens with one attached hydrogen (secondary N) is 1. The third-order valence-corrected chi connectivity index (χ3v) is 5.53. The van der Waals surface area contributed by atoms with Crippen LogP contribution < -0.4 is 19.6 Å². The van der Waals surface area contributed by atoms with Crippen LogP contribution in [0, 0.1) is 10.1 Å². The summed E-state index contributed by atoms with van der Waals surface area (Å²) in [6.45, 7) is 6.31. The van der Waals surface area contributed by atoms with Crippen molar-refractivity contribution < 1.29 is 28.7 Å². The SMILES string of the molecule is CC(C)(C)c1ccc2c(c1)OC(C(=O)NN=Cc1cccc(OC(=O)c3ccc([N+](=O)[O-])cc3)c1)CO2. The minimum atomic E-state index is -0.867. The monoisotopic (exact) mass is 503 g/mol. The summed E-state index contributed by atoms with van der Waals surface area (Å²) in [6.07, 6.45) is 0.532. The third kappa shape index (κ3) is 6.29. The first-order chi connectivity index (χ1) is 17.6. The van der Waals surface area contributed by atoms with Crippen molar-refractivity contribution in [1.82, 2.24) is 5.43 Å². The molecule has 190 valence electrons. The molecule has 1 aliphatic heterocycles. The Bertz CT molecular complexity index is 1360. The highest BCUT2D eigenvalue weighted by Gasteiger charge is 2.28. The molecule has 0 saturated carbocycles. The van der Waals surface area contributed by atoms with Gasteiger partial charge in [-0.1, -0.05) is 39.0 Å². The fraction of sp³-hybridized carbons (Fsp3) is 0.222. The van der Waals surface area contributed by atoms with Crippen LogP contribution in [-0.2, 0) is 10.2 Å². The molecule has 3 aromatic carbocycles. The molecule has 0 fully saturated rings. The molecule has 0 aromatic heterocycles. The van der Waals surface area contributed by atoms with Gasteiger partial charge in [0.25, 0.3) is 11.6 Å². The second-order valence-electron chi connectivity index (χ2n) is 9.33. The molecule has 0 saturated heterocycles. The van der Waals surface area contributed by atoms with Gasteiger partial charge >= 0.3 is 5.97 Å². The molecular weight excluding hydrogens is 478 g/mol. The van der Waals surface area contributed by atoms with Crippen molar-refractivity contribution in [3.63, 3.8) is 0 Å². The number of carbonyl (C=O) groups excluding carboxylic acids is 2. The maximum Gasteiger partial charge on any atom is 0.343 e. The van der Waals surface area contributed by atoms with Gasteiger partial charge in [-0.05, 0) is 52.9 Å². The molecule has 0 bridgehead atoms. The summed E-state index contributed by atoms with van der Waals surface area (Å²) >= 11 is 0. The highest BCUT2D eigenvalue weighted by molar-refractivity contribution is 5.91. The smallest absolute Gasteiger partial charge is 0.343 e. The molecule has 37 heavy (non-hydrogen) atoms. The number of nitro groups is 1. The van der Waals surface area contributed by atoms with Crippen LogP contribution >= 0.6 is 0 Å². The van der Waals surface area contributed by atoms with E-state index >= 15 is 0 Å². The molecule has 0 aliphatic carbocycles. The summed E-state index contributed by atoms with van der Waals surface area (Å²) in [5.41, 5.74) is 4.03. The van der Waals surface area contributed by atoms with Crippen molar-refractivity contribution >= 4 is 23.8 Å². The average Bonchev–Trinajstić information content (AvgIpc) is 2.87. The van der Waals surface area contributed by atoms with Crippen LogP contribution in [0.2, 0.25) is 0 Å². The zero-order chi connectivity index (χ0) is 26.6. The Labute approximate surface area is 213 Å². The van der Waals surface area contributed by atoms with Crippen LogP contribution in [-0.4, -0.2) is 35.7 Å². The van der Waals surface area contributed by atoms with Gasteiger partial charge in [-0.25, -0.2) is 10.2 Å². The Morgan fingerprint density at radius 1 is 1.08 bits per heavy atom. The number of non-ortho nitro benzene ring substituents is 1. The van der Waals surface area contributed by atoms with E-state index in [0.717, 1.165) is 5.56 Å². The molecule has 1 N–H and O–H groups in total. The molecule has 1 atom stereocenters. The van der Waals surface area contributed by atoms with E-state index in [0.29, 0.717) is 17.1 Å². The number of nitro benzene ring substituents is 1. The molecule has 10 heteroatoms. The van der Waals surface area contributed by atoms with Gasteiger partial charge in [0.05, 0.1) is 16.7 Å². The van der Waals surface area contributed by atoms with Crippen LogP contribution in [0.4, 0.5) is 5.69 Å². The number of rotatable bonds is 6. The number of amides is 1. The number of carbonyl (C=O) groups is 2. The average molecular weight is 504 g/mol. The molecule has 3 aromatic rings. The van der Waals surface area contributed by atoms with E-state index < -0.39 is 22.9 Å². The summed E-state index contributed by atoms with van der Waals surface area (Å²) in [7, 11) is 0. The van der Waals surface area contributed by atoms with Crippen LogP contribution in [0.5, 0.6) is 17.2 Å². The third-order valence-electron chi connectivity index (χ3n) is 5.53. The van der Waals surface area contributed by atoms with Gasteiger partial charge in [0, 0.05) is 12.1 Å². The Kier molecular flexibility index (Phi) is 7.19. The van der Waals surface area contributed by atoms with E-state index in [1.165, 1.54) is 30.5 Å². The molecule has 0 radical (unpaired) electrons. The zero-order valence-electron chi connectivity index (χ0n) is 20.5. The summed E-state index contributed by atoms with van der Waals surface area (Å²) in [5.74, 6) is 0.199. The maximum atomic E-state index is 12.6. The first-order valence-electron chi connectivity index (χ1n) is 11.4. The normalized spacial score (nSPS) is 14.7. The Balaban J connectivity index is 1.35. The second kappa shape index (κ2) is 10.5. The first kappa shape index (κ1) is 25.4. The largest absolute Gasteiger partial charge is 0.485 e. The van der Waals surface area contributed by atoms with E-state index in [-0.39, 0.29) is 29.0 Å². The molecule has 10 nitrogen and oxygen atoms in total. The maximum absolute atomic E-state index is 12.6. The lowest BCUT2D eigenvalue weighted by molar-refractivity contribution is -0.384. The number of hydrogen-bond acceptors (Lipinski definition) is 8. The minimum absolute atomic E-state index is 0.0529. The number of hydrogen-bond donors (Lipinski definition) is 1. The highest BCUT2D eigenvalue weighted by Crippen LogP contribution is 2.36. The Hall–Kier alpha value is -4.73. The van der Waals surface area contributed by atoms with E-state index in [9.17, 15) is 19.7 Å². The predicted molar refractivity (Wildman–Crippen MR) is 135 cm³/mol. The van der Waals surface area contributed by atoms with Crippen LogP contribution in [0.15, 0.2) is 71.8 Å². The van der Waals surface area contributed by atoms with E-state index in [1.54, 1.807) is 24.3 Å². The molecule has 1 unspecified atom stereocenters. The highest BCUT2D eigenvalue weighted by atomic mass is 16.6. The van der Waals surface area contributed by atoms with Crippen molar-refractivity contribution in [2.75, 3.05) is 6.61 Å². The summed E-state index contributed by atoms with van der Waals surface area (Å²) in [5, 5.41) is 14.7. The van der Waals surface area contributed by atoms with Crippen molar-refractivity contribution in [1.29, 1.82) is 0 Å². The molecular formula is C27H25N3O7. The van der Waals surface area contributed by atoms with Crippen molar-refractivity contribution in [2.24, 2.45) is 5.10 Å². The van der Waals surface area contributed by atoms with Crippen LogP contribution in [0.1, 0.15) is 42.3 Å². The lowest BCUT2D eigenvalue weighted by atomic mass is 9.87. The predicted octanol–water partition coefficient (Wildman–Crippen LogP) is 4.40. The summed E-state index contributed by atoms with van der Waals surface area (Å²) in [6, 6.07) is 17.3. The lowest BCUT2D eigenvalue weighted by Crippen LogP contribution is -2.42. The van der Waals surface area contributed by atoms with Crippen LogP contribution in [0.3, 0.4) is 0 Å². The molecule has 0 spiro atoms. The second-order valence-corrected chi connectivity index (χ2v) is 9.33. The number of nitrogens with zero attached hydrogens (tertiary/aromatic N) is 2. The zero-order valence-corrected chi connectivity index (χ0v) is 20.5. The quantitative estimate of drug-likeness (QED) is 0.173. The van der Waals surface area contributed by atoms with Gasteiger partial charge in [0.2, 0.25) is 6.10 Å². The van der Waals surface area contributed by atoms with Gasteiger partial charge in [-0.3, -0.25) is 14.9 Å². The fourth-order valence-corrected chi connectivity index (χ4v) is 3.45. The number of ether oxygens (including phenoxy) is 3. The van der Waals surface area contributed by atoms with E-state index in [4.69, 9.17) is 14.2 Å². The molecule has 1 aliphatic rings. The van der Waals surface area contributed by atoms with Gasteiger partial charge in [-0.15, -0.1) is 0 Å². The van der Waals surface area contributed by atoms with Crippen molar-refractivity contribution in [2.45, 2.75) is 32.3 Å². The van der Waals surface area contributed by atoms with E-state index in [2.05, 4.69) is 31.3 Å². The first-order valence-corrected chi connectivity index (χ1v) is 11.4. The van der Waals surface area contributed by atoms with Gasteiger partial charge in [0.15, 0.2) is 11.5 Å². The molecule has 1 heterocycles. The van der Waals surface area contributed by atoms with Gasteiger partial charge < -0.3 is 14.2 Å². The number of fused-ring (bicyclic) bond motifs is 1. The van der Waals surface area contributed by atoms with Gasteiger partial charge in [0.1, 0.15) is 12.4 Å². The Morgan fingerprint density at radius 2 is 1.84 bits per heavy atom.